The SMILES string of the molecule is CC(C)COc1ccc(Cl)cc1Cc1cccc(C#N)n1. The number of rotatable bonds is 5. The standard InChI is InChI=1S/C17H17ClN2O/c1-12(2)11-21-17-7-6-14(18)8-13(17)9-15-4-3-5-16(10-19)20-15/h3-8,12H,9,11H2,1-2H3. The van der Waals surface area contributed by atoms with Crippen molar-refractivity contribution < 1.29 is 4.74 Å². The third-order valence-corrected chi connectivity index (χ3v) is 3.12. The summed E-state index contributed by atoms with van der Waals surface area (Å²) in [5.74, 6) is 1.27. The van der Waals surface area contributed by atoms with Gasteiger partial charge in [-0.05, 0) is 36.2 Å². The molecular weight excluding hydrogens is 284 g/mol. The second kappa shape index (κ2) is 7.10. The molecule has 0 unspecified atom stereocenters. The van der Waals surface area contributed by atoms with Crippen molar-refractivity contribution in [2.45, 2.75) is 20.3 Å². The maximum atomic E-state index is 8.91. The fraction of sp³-hybridized carbons (Fsp3) is 0.294. The first kappa shape index (κ1) is 15.3. The highest BCUT2D eigenvalue weighted by atomic mass is 35.5. The molecule has 0 saturated heterocycles. The molecule has 0 N–H and O–H groups in total. The molecule has 21 heavy (non-hydrogen) atoms. The summed E-state index contributed by atoms with van der Waals surface area (Å²) in [5, 5.41) is 9.58. The summed E-state index contributed by atoms with van der Waals surface area (Å²) in [6, 6.07) is 13.1. The van der Waals surface area contributed by atoms with E-state index in [0.717, 1.165) is 17.0 Å². The predicted molar refractivity (Wildman–Crippen MR) is 83.5 cm³/mol. The largest absolute Gasteiger partial charge is 0.493 e. The Morgan fingerprint density at radius 3 is 2.81 bits per heavy atom. The smallest absolute Gasteiger partial charge is 0.140 e. The van der Waals surface area contributed by atoms with Crippen LogP contribution in [0.5, 0.6) is 5.75 Å². The molecule has 0 amide bonds. The lowest BCUT2D eigenvalue weighted by molar-refractivity contribution is 0.269. The summed E-state index contributed by atoms with van der Waals surface area (Å²) in [6.07, 6.45) is 0.587. The third kappa shape index (κ3) is 4.47. The topological polar surface area (TPSA) is 45.9 Å². The van der Waals surface area contributed by atoms with Crippen molar-refractivity contribution in [3.05, 3.63) is 58.4 Å². The van der Waals surface area contributed by atoms with Gasteiger partial charge in [0.1, 0.15) is 17.5 Å². The number of nitrogens with zero attached hydrogens (tertiary/aromatic N) is 2. The van der Waals surface area contributed by atoms with Crippen LogP contribution in [0.25, 0.3) is 0 Å². The van der Waals surface area contributed by atoms with E-state index in [-0.39, 0.29) is 0 Å². The van der Waals surface area contributed by atoms with Gasteiger partial charge in [0.05, 0.1) is 6.61 Å². The van der Waals surface area contributed by atoms with Gasteiger partial charge >= 0.3 is 0 Å². The molecule has 0 atom stereocenters. The molecule has 0 saturated carbocycles. The van der Waals surface area contributed by atoms with Crippen LogP contribution in [-0.2, 0) is 6.42 Å². The number of halogens is 1. The zero-order valence-corrected chi connectivity index (χ0v) is 12.9. The minimum Gasteiger partial charge on any atom is -0.493 e. The minimum atomic E-state index is 0.416. The van der Waals surface area contributed by atoms with Crippen LogP contribution in [0.4, 0.5) is 0 Å². The average Bonchev–Trinajstić information content (AvgIpc) is 2.46. The Hall–Kier alpha value is -2.05. The molecule has 1 aromatic heterocycles. The summed E-state index contributed by atoms with van der Waals surface area (Å²) in [4.78, 5) is 4.29. The van der Waals surface area contributed by atoms with Gasteiger partial charge in [-0.15, -0.1) is 0 Å². The number of ether oxygens (including phenoxy) is 1. The molecule has 0 spiro atoms. The van der Waals surface area contributed by atoms with Crippen molar-refractivity contribution in [1.82, 2.24) is 4.98 Å². The van der Waals surface area contributed by atoms with Crippen LogP contribution in [0.1, 0.15) is 30.8 Å². The van der Waals surface area contributed by atoms with Crippen molar-refractivity contribution in [2.24, 2.45) is 5.92 Å². The van der Waals surface area contributed by atoms with Gasteiger partial charge in [0.15, 0.2) is 0 Å². The highest BCUT2D eigenvalue weighted by molar-refractivity contribution is 6.30. The van der Waals surface area contributed by atoms with E-state index in [1.807, 2.05) is 30.3 Å². The van der Waals surface area contributed by atoms with E-state index in [2.05, 4.69) is 24.9 Å². The third-order valence-electron chi connectivity index (χ3n) is 2.89. The van der Waals surface area contributed by atoms with E-state index in [1.54, 1.807) is 6.07 Å². The number of hydrogen-bond donors (Lipinski definition) is 0. The normalized spacial score (nSPS) is 10.4. The summed E-state index contributed by atoms with van der Waals surface area (Å²) in [7, 11) is 0. The zero-order valence-electron chi connectivity index (χ0n) is 12.1. The first-order valence-electron chi connectivity index (χ1n) is 6.85. The van der Waals surface area contributed by atoms with Gasteiger partial charge in [0.25, 0.3) is 0 Å². The highest BCUT2D eigenvalue weighted by Crippen LogP contribution is 2.25. The number of pyridine rings is 1. The molecule has 1 aromatic carbocycles. The summed E-state index contributed by atoms with van der Waals surface area (Å²) in [6.45, 7) is 4.86. The van der Waals surface area contributed by atoms with Crippen LogP contribution >= 0.6 is 11.6 Å². The van der Waals surface area contributed by atoms with Crippen molar-refractivity contribution in [1.29, 1.82) is 5.26 Å². The van der Waals surface area contributed by atoms with E-state index >= 15 is 0 Å². The number of benzene rings is 1. The first-order valence-corrected chi connectivity index (χ1v) is 7.23. The van der Waals surface area contributed by atoms with Crippen molar-refractivity contribution in [3.63, 3.8) is 0 Å². The second-order valence-electron chi connectivity index (χ2n) is 5.26. The molecule has 0 aliphatic rings. The van der Waals surface area contributed by atoms with Gasteiger partial charge in [-0.25, -0.2) is 4.98 Å². The lowest BCUT2D eigenvalue weighted by atomic mass is 10.1. The van der Waals surface area contributed by atoms with E-state index in [9.17, 15) is 0 Å². The Kier molecular flexibility index (Phi) is 5.19. The van der Waals surface area contributed by atoms with Gasteiger partial charge in [-0.3, -0.25) is 0 Å². The van der Waals surface area contributed by atoms with Gasteiger partial charge in [0, 0.05) is 22.7 Å². The molecule has 0 fully saturated rings. The fourth-order valence-corrected chi connectivity index (χ4v) is 2.11. The second-order valence-corrected chi connectivity index (χ2v) is 5.70. The van der Waals surface area contributed by atoms with E-state index < -0.39 is 0 Å². The lowest BCUT2D eigenvalue weighted by Crippen LogP contribution is -2.06. The average molecular weight is 301 g/mol. The van der Waals surface area contributed by atoms with Gasteiger partial charge in [-0.2, -0.15) is 5.26 Å². The number of aromatic nitrogens is 1. The molecule has 3 nitrogen and oxygen atoms in total. The maximum absolute atomic E-state index is 8.91. The molecule has 2 aromatic rings. The van der Waals surface area contributed by atoms with Crippen LogP contribution in [0.3, 0.4) is 0 Å². The van der Waals surface area contributed by atoms with Crippen molar-refractivity contribution in [2.75, 3.05) is 6.61 Å². The Morgan fingerprint density at radius 2 is 2.10 bits per heavy atom. The molecule has 0 radical (unpaired) electrons. The van der Waals surface area contributed by atoms with Gasteiger partial charge < -0.3 is 4.74 Å². The summed E-state index contributed by atoms with van der Waals surface area (Å²) in [5.41, 5.74) is 2.22. The van der Waals surface area contributed by atoms with E-state index in [4.69, 9.17) is 21.6 Å². The Bertz CT molecular complexity index is 662. The highest BCUT2D eigenvalue weighted by Gasteiger charge is 2.08. The Morgan fingerprint density at radius 1 is 1.29 bits per heavy atom. The molecule has 1 heterocycles. The van der Waals surface area contributed by atoms with Crippen molar-refractivity contribution >= 4 is 11.6 Å². The van der Waals surface area contributed by atoms with Crippen LogP contribution < -0.4 is 4.74 Å². The summed E-state index contributed by atoms with van der Waals surface area (Å²) < 4.78 is 5.83. The van der Waals surface area contributed by atoms with Gasteiger partial charge in [-0.1, -0.05) is 31.5 Å². The Labute approximate surface area is 130 Å². The predicted octanol–water partition coefficient (Wildman–Crippen LogP) is 4.23. The lowest BCUT2D eigenvalue weighted by Gasteiger charge is -2.13. The van der Waals surface area contributed by atoms with Crippen LogP contribution in [0, 0.1) is 17.2 Å². The van der Waals surface area contributed by atoms with Crippen LogP contribution in [0.15, 0.2) is 36.4 Å². The van der Waals surface area contributed by atoms with Crippen LogP contribution in [-0.4, -0.2) is 11.6 Å². The maximum Gasteiger partial charge on any atom is 0.140 e. The molecule has 0 aliphatic heterocycles. The number of hydrogen-bond acceptors (Lipinski definition) is 3. The molecule has 0 aliphatic carbocycles. The Balaban J connectivity index is 2.25. The van der Waals surface area contributed by atoms with E-state index in [1.165, 1.54) is 0 Å². The first-order chi connectivity index (χ1) is 10.1. The number of nitriles is 1. The molecule has 4 heteroatoms. The van der Waals surface area contributed by atoms with Crippen LogP contribution in [0.2, 0.25) is 5.02 Å². The molecule has 0 bridgehead atoms. The minimum absolute atomic E-state index is 0.416. The quantitative estimate of drug-likeness (QED) is 0.830. The molecular formula is C17H17ClN2O. The zero-order chi connectivity index (χ0) is 15.2. The van der Waals surface area contributed by atoms with E-state index in [0.29, 0.717) is 29.7 Å². The fourth-order valence-electron chi connectivity index (χ4n) is 1.92. The summed E-state index contributed by atoms with van der Waals surface area (Å²) >= 11 is 6.08. The molecule has 108 valence electrons. The molecule has 2 rings (SSSR count). The van der Waals surface area contributed by atoms with Gasteiger partial charge in [0.2, 0.25) is 0 Å². The monoisotopic (exact) mass is 300 g/mol. The van der Waals surface area contributed by atoms with Crippen molar-refractivity contribution in [3.8, 4) is 11.8 Å².